The van der Waals surface area contributed by atoms with Crippen LogP contribution in [-0.4, -0.2) is 38.5 Å². The van der Waals surface area contributed by atoms with E-state index in [0.717, 1.165) is 56.0 Å². The molecular weight excluding hydrogens is 348 g/mol. The largest absolute Gasteiger partial charge is 0.337 e. The van der Waals surface area contributed by atoms with Gasteiger partial charge in [-0.3, -0.25) is 4.79 Å². The maximum Gasteiger partial charge on any atom is 0.274 e. The Morgan fingerprint density at radius 1 is 1.00 bits per heavy atom. The van der Waals surface area contributed by atoms with Gasteiger partial charge in [0.2, 0.25) is 0 Å². The van der Waals surface area contributed by atoms with Crippen molar-refractivity contribution < 1.29 is 4.79 Å². The molecule has 0 radical (unpaired) electrons. The zero-order chi connectivity index (χ0) is 19.3. The summed E-state index contributed by atoms with van der Waals surface area (Å²) in [6.07, 6.45) is 14.6. The molecule has 0 N–H and O–H groups in total. The third-order valence-electron chi connectivity index (χ3n) is 6.50. The van der Waals surface area contributed by atoms with E-state index in [1.807, 2.05) is 15.5 Å². The fraction of sp³-hybridized carbons (Fsp3) is 0.696. The molecule has 5 nitrogen and oxygen atoms in total. The molecule has 2 aliphatic rings. The van der Waals surface area contributed by atoms with Gasteiger partial charge in [-0.2, -0.15) is 5.10 Å². The van der Waals surface area contributed by atoms with Crippen molar-refractivity contribution >= 4 is 11.6 Å². The molecule has 28 heavy (non-hydrogen) atoms. The molecule has 2 aromatic rings. The molecule has 0 unspecified atom stereocenters. The number of amides is 1. The molecule has 1 amide bonds. The summed E-state index contributed by atoms with van der Waals surface area (Å²) < 4.78 is 1.89. The number of aryl methyl sites for hydroxylation is 1. The second-order valence-corrected chi connectivity index (χ2v) is 8.66. The molecular formula is C23H34N4O. The van der Waals surface area contributed by atoms with E-state index in [1.165, 1.54) is 57.1 Å². The van der Waals surface area contributed by atoms with Crippen molar-refractivity contribution in [1.82, 2.24) is 19.5 Å². The predicted molar refractivity (Wildman–Crippen MR) is 112 cm³/mol. The van der Waals surface area contributed by atoms with Crippen molar-refractivity contribution in [3.05, 3.63) is 29.2 Å². The molecule has 4 rings (SSSR count). The minimum atomic E-state index is 0.0725. The smallest absolute Gasteiger partial charge is 0.274 e. The van der Waals surface area contributed by atoms with E-state index in [2.05, 4.69) is 18.1 Å². The standard InChI is InChI=1S/C23H34N4O/c1-2-20-16-19(15-18-11-7-6-8-12-18)24-22-17-21(25-27(20)22)23(28)26-13-9-4-3-5-10-14-26/h16-18H,2-15H2,1H3. The van der Waals surface area contributed by atoms with Crippen molar-refractivity contribution in [3.63, 3.8) is 0 Å². The minimum Gasteiger partial charge on any atom is -0.337 e. The molecule has 5 heteroatoms. The quantitative estimate of drug-likeness (QED) is 0.762. The summed E-state index contributed by atoms with van der Waals surface area (Å²) in [5.74, 6) is 0.835. The SMILES string of the molecule is CCc1cc(CC2CCCCC2)nc2cc(C(=O)N3CCCCCCC3)nn12. The summed E-state index contributed by atoms with van der Waals surface area (Å²) in [4.78, 5) is 19.9. The van der Waals surface area contributed by atoms with Gasteiger partial charge in [0.15, 0.2) is 11.3 Å². The van der Waals surface area contributed by atoms with E-state index in [9.17, 15) is 4.79 Å². The van der Waals surface area contributed by atoms with Gasteiger partial charge >= 0.3 is 0 Å². The first-order chi connectivity index (χ1) is 13.7. The average Bonchev–Trinajstić information content (AvgIpc) is 3.11. The Bertz CT molecular complexity index is 798. The third kappa shape index (κ3) is 4.39. The molecule has 1 aliphatic carbocycles. The van der Waals surface area contributed by atoms with Crippen molar-refractivity contribution in [2.24, 2.45) is 5.92 Å². The topological polar surface area (TPSA) is 50.5 Å². The van der Waals surface area contributed by atoms with Gasteiger partial charge in [0.25, 0.3) is 5.91 Å². The number of fused-ring (bicyclic) bond motifs is 1. The lowest BCUT2D eigenvalue weighted by atomic mass is 9.86. The highest BCUT2D eigenvalue weighted by atomic mass is 16.2. The molecule has 0 spiro atoms. The number of carbonyl (C=O) groups excluding carboxylic acids is 1. The van der Waals surface area contributed by atoms with Crippen molar-refractivity contribution in [2.75, 3.05) is 13.1 Å². The molecule has 3 heterocycles. The van der Waals surface area contributed by atoms with Crippen LogP contribution in [0.1, 0.15) is 93.0 Å². The number of likely N-dealkylation sites (tertiary alicyclic amines) is 1. The van der Waals surface area contributed by atoms with E-state index < -0.39 is 0 Å². The average molecular weight is 383 g/mol. The Hall–Kier alpha value is -1.91. The highest BCUT2D eigenvalue weighted by Crippen LogP contribution is 2.27. The molecule has 0 atom stereocenters. The van der Waals surface area contributed by atoms with Gasteiger partial charge in [0.05, 0.1) is 0 Å². The molecule has 2 aromatic heterocycles. The van der Waals surface area contributed by atoms with E-state index in [4.69, 9.17) is 4.98 Å². The van der Waals surface area contributed by atoms with Gasteiger partial charge in [0.1, 0.15) is 0 Å². The number of aromatic nitrogens is 3. The monoisotopic (exact) mass is 382 g/mol. The summed E-state index contributed by atoms with van der Waals surface area (Å²) >= 11 is 0. The number of nitrogens with zero attached hydrogens (tertiary/aromatic N) is 4. The lowest BCUT2D eigenvalue weighted by Crippen LogP contribution is -2.34. The first-order valence-corrected chi connectivity index (χ1v) is 11.4. The fourth-order valence-corrected chi connectivity index (χ4v) is 4.86. The van der Waals surface area contributed by atoms with E-state index in [0.29, 0.717) is 5.69 Å². The lowest BCUT2D eigenvalue weighted by molar-refractivity contribution is 0.0736. The molecule has 1 saturated carbocycles. The Labute approximate surface area is 168 Å². The van der Waals surface area contributed by atoms with E-state index in [1.54, 1.807) is 0 Å². The van der Waals surface area contributed by atoms with Crippen molar-refractivity contribution in [1.29, 1.82) is 0 Å². The number of carbonyl (C=O) groups is 1. The molecule has 1 aliphatic heterocycles. The Morgan fingerprint density at radius 3 is 2.39 bits per heavy atom. The van der Waals surface area contributed by atoms with Gasteiger partial charge in [-0.15, -0.1) is 0 Å². The second-order valence-electron chi connectivity index (χ2n) is 8.66. The first-order valence-electron chi connectivity index (χ1n) is 11.4. The van der Waals surface area contributed by atoms with Crippen LogP contribution in [0.2, 0.25) is 0 Å². The summed E-state index contributed by atoms with van der Waals surface area (Å²) in [5, 5.41) is 4.66. The van der Waals surface area contributed by atoms with Crippen LogP contribution < -0.4 is 0 Å². The molecule has 0 aromatic carbocycles. The number of hydrogen-bond donors (Lipinski definition) is 0. The number of rotatable bonds is 4. The third-order valence-corrected chi connectivity index (χ3v) is 6.50. The Balaban J connectivity index is 1.57. The molecule has 2 fully saturated rings. The van der Waals surface area contributed by atoms with Crippen LogP contribution in [0, 0.1) is 5.92 Å². The van der Waals surface area contributed by atoms with Crippen LogP contribution in [0.5, 0.6) is 0 Å². The van der Waals surface area contributed by atoms with Crippen LogP contribution in [0.15, 0.2) is 12.1 Å². The Morgan fingerprint density at radius 2 is 1.68 bits per heavy atom. The van der Waals surface area contributed by atoms with Gasteiger partial charge < -0.3 is 4.90 Å². The minimum absolute atomic E-state index is 0.0725. The zero-order valence-electron chi connectivity index (χ0n) is 17.3. The van der Waals surface area contributed by atoms with Gasteiger partial charge in [-0.25, -0.2) is 9.50 Å². The van der Waals surface area contributed by atoms with Gasteiger partial charge in [0, 0.05) is 30.5 Å². The maximum atomic E-state index is 13.1. The van der Waals surface area contributed by atoms with E-state index >= 15 is 0 Å². The van der Waals surface area contributed by atoms with E-state index in [-0.39, 0.29) is 5.91 Å². The molecule has 152 valence electrons. The second kappa shape index (κ2) is 9.06. The predicted octanol–water partition coefficient (Wildman–Crippen LogP) is 4.82. The van der Waals surface area contributed by atoms with Crippen LogP contribution in [0.25, 0.3) is 5.65 Å². The van der Waals surface area contributed by atoms with Crippen LogP contribution in [-0.2, 0) is 12.8 Å². The number of hydrogen-bond acceptors (Lipinski definition) is 3. The maximum absolute atomic E-state index is 13.1. The summed E-state index contributed by atoms with van der Waals surface area (Å²) in [5.41, 5.74) is 3.71. The van der Waals surface area contributed by atoms with Crippen molar-refractivity contribution in [2.45, 2.75) is 84.0 Å². The molecule has 1 saturated heterocycles. The summed E-state index contributed by atoms with van der Waals surface area (Å²) in [6.45, 7) is 3.86. The summed E-state index contributed by atoms with van der Waals surface area (Å²) in [6, 6.07) is 4.11. The van der Waals surface area contributed by atoms with Gasteiger partial charge in [-0.1, -0.05) is 58.3 Å². The highest BCUT2D eigenvalue weighted by molar-refractivity contribution is 5.93. The Kier molecular flexibility index (Phi) is 6.28. The van der Waals surface area contributed by atoms with Crippen molar-refractivity contribution in [3.8, 4) is 0 Å². The van der Waals surface area contributed by atoms with Crippen LogP contribution >= 0.6 is 0 Å². The lowest BCUT2D eigenvalue weighted by Gasteiger charge is -2.23. The van der Waals surface area contributed by atoms with Crippen LogP contribution in [0.4, 0.5) is 0 Å². The first kappa shape index (κ1) is 19.4. The van der Waals surface area contributed by atoms with Crippen LogP contribution in [0.3, 0.4) is 0 Å². The fourth-order valence-electron chi connectivity index (χ4n) is 4.86. The van der Waals surface area contributed by atoms with Gasteiger partial charge in [-0.05, 0) is 37.7 Å². The zero-order valence-corrected chi connectivity index (χ0v) is 17.3. The molecule has 0 bridgehead atoms. The highest BCUT2D eigenvalue weighted by Gasteiger charge is 2.21. The summed E-state index contributed by atoms with van der Waals surface area (Å²) in [7, 11) is 0. The normalized spacial score (nSPS) is 19.5.